The highest BCUT2D eigenvalue weighted by atomic mass is 35.5. The van der Waals surface area contributed by atoms with E-state index in [0.717, 1.165) is 30.5 Å². The number of aromatic nitrogens is 1. The fraction of sp³-hybridized carbons (Fsp3) is 0.238. The van der Waals surface area contributed by atoms with Crippen LogP contribution >= 0.6 is 11.6 Å². The van der Waals surface area contributed by atoms with E-state index in [9.17, 15) is 9.59 Å². The van der Waals surface area contributed by atoms with Gasteiger partial charge in [0.25, 0.3) is 11.5 Å². The number of hydrogen-bond donors (Lipinski definition) is 2. The molecule has 2 heterocycles. The molecule has 0 saturated heterocycles. The van der Waals surface area contributed by atoms with E-state index in [1.807, 2.05) is 12.1 Å². The van der Waals surface area contributed by atoms with E-state index in [-0.39, 0.29) is 17.2 Å². The smallest absolute Gasteiger partial charge is 0.274 e. The molecule has 0 bridgehead atoms. The van der Waals surface area contributed by atoms with Crippen LogP contribution in [-0.4, -0.2) is 24.0 Å². The molecule has 0 aliphatic carbocycles. The van der Waals surface area contributed by atoms with E-state index in [1.54, 1.807) is 29.2 Å². The van der Waals surface area contributed by atoms with Crippen molar-refractivity contribution >= 4 is 34.0 Å². The average molecular weight is 382 g/mol. The Morgan fingerprint density at radius 2 is 2.04 bits per heavy atom. The summed E-state index contributed by atoms with van der Waals surface area (Å²) in [6, 6.07) is 12.9. The van der Waals surface area contributed by atoms with Crippen LogP contribution in [-0.2, 0) is 12.8 Å². The number of hydrogen-bond acceptors (Lipinski definition) is 3. The van der Waals surface area contributed by atoms with Gasteiger partial charge in [0.15, 0.2) is 0 Å². The maximum Gasteiger partial charge on any atom is 0.274 e. The van der Waals surface area contributed by atoms with Crippen LogP contribution in [0.5, 0.6) is 0 Å². The van der Waals surface area contributed by atoms with Crippen LogP contribution < -0.4 is 16.2 Å². The summed E-state index contributed by atoms with van der Waals surface area (Å²) < 4.78 is 0. The molecular weight excluding hydrogens is 362 g/mol. The van der Waals surface area contributed by atoms with E-state index in [4.69, 9.17) is 17.3 Å². The van der Waals surface area contributed by atoms with Crippen LogP contribution in [0.25, 0.3) is 10.8 Å². The van der Waals surface area contributed by atoms with Crippen LogP contribution in [0.1, 0.15) is 28.0 Å². The number of rotatable bonds is 3. The first-order chi connectivity index (χ1) is 13.1. The highest BCUT2D eigenvalue weighted by Gasteiger charge is 2.24. The third-order valence-corrected chi connectivity index (χ3v) is 5.21. The number of nitrogens with one attached hydrogen (secondary N) is 1. The van der Waals surface area contributed by atoms with Crippen LogP contribution in [0.3, 0.4) is 0 Å². The van der Waals surface area contributed by atoms with Crippen LogP contribution in [0.15, 0.2) is 47.3 Å². The Morgan fingerprint density at radius 1 is 1.19 bits per heavy atom. The number of nitrogens with zero attached hydrogens (tertiary/aromatic N) is 1. The Kier molecular flexibility index (Phi) is 4.72. The Morgan fingerprint density at radius 3 is 2.85 bits per heavy atom. The summed E-state index contributed by atoms with van der Waals surface area (Å²) in [6.45, 7) is 1.23. The summed E-state index contributed by atoms with van der Waals surface area (Å²) in [6.07, 6.45) is 2.64. The number of amides is 1. The average Bonchev–Trinajstić information content (AvgIpc) is 2.67. The van der Waals surface area contributed by atoms with Gasteiger partial charge in [-0.3, -0.25) is 9.59 Å². The zero-order valence-corrected chi connectivity index (χ0v) is 15.6. The van der Waals surface area contributed by atoms with Gasteiger partial charge in [0.05, 0.1) is 0 Å². The number of fused-ring (bicyclic) bond motifs is 2. The second kappa shape index (κ2) is 7.18. The number of halogens is 1. The third-order valence-electron chi connectivity index (χ3n) is 4.98. The summed E-state index contributed by atoms with van der Waals surface area (Å²) in [4.78, 5) is 30.0. The number of carbonyl (C=O) groups excluding carboxylic acids is 1. The van der Waals surface area contributed by atoms with E-state index < -0.39 is 0 Å². The first kappa shape index (κ1) is 17.8. The van der Waals surface area contributed by atoms with Crippen molar-refractivity contribution in [3.8, 4) is 0 Å². The number of aromatic amines is 1. The van der Waals surface area contributed by atoms with Gasteiger partial charge >= 0.3 is 0 Å². The number of H-pyrrole nitrogens is 1. The molecule has 0 spiro atoms. The molecule has 3 aromatic rings. The van der Waals surface area contributed by atoms with Crippen LogP contribution in [0.4, 0.5) is 5.69 Å². The van der Waals surface area contributed by atoms with Crippen molar-refractivity contribution in [3.63, 3.8) is 0 Å². The summed E-state index contributed by atoms with van der Waals surface area (Å²) in [5.41, 5.74) is 8.86. The van der Waals surface area contributed by atoms with Gasteiger partial charge in [0, 0.05) is 22.6 Å². The van der Waals surface area contributed by atoms with E-state index in [1.165, 1.54) is 5.56 Å². The number of pyridine rings is 1. The second-order valence-electron chi connectivity index (χ2n) is 6.81. The Bertz CT molecular complexity index is 1090. The minimum Gasteiger partial charge on any atom is -0.330 e. The first-order valence-electron chi connectivity index (χ1n) is 9.03. The number of anilines is 1. The molecule has 1 aliphatic heterocycles. The van der Waals surface area contributed by atoms with Crippen molar-refractivity contribution in [2.45, 2.75) is 19.3 Å². The molecular formula is C21H20ClN3O2. The first-order valence-corrected chi connectivity index (χ1v) is 9.41. The summed E-state index contributed by atoms with van der Waals surface area (Å²) in [7, 11) is 0. The second-order valence-corrected chi connectivity index (χ2v) is 7.24. The van der Waals surface area contributed by atoms with Gasteiger partial charge in [-0.1, -0.05) is 29.8 Å². The normalized spacial score (nSPS) is 13.6. The number of benzene rings is 2. The van der Waals surface area contributed by atoms with E-state index in [0.29, 0.717) is 28.9 Å². The number of carbonyl (C=O) groups is 1. The zero-order chi connectivity index (χ0) is 19.0. The maximum atomic E-state index is 13.1. The lowest BCUT2D eigenvalue weighted by atomic mass is 9.97. The molecule has 5 nitrogen and oxygen atoms in total. The van der Waals surface area contributed by atoms with E-state index >= 15 is 0 Å². The Labute approximate surface area is 161 Å². The number of nitrogens with two attached hydrogens (primary N) is 1. The van der Waals surface area contributed by atoms with Gasteiger partial charge < -0.3 is 15.6 Å². The van der Waals surface area contributed by atoms with Gasteiger partial charge in [-0.15, -0.1) is 0 Å². The molecule has 27 heavy (non-hydrogen) atoms. The van der Waals surface area contributed by atoms with Gasteiger partial charge in [0.2, 0.25) is 0 Å². The molecule has 3 N–H and O–H groups in total. The molecule has 0 atom stereocenters. The summed E-state index contributed by atoms with van der Waals surface area (Å²) in [5, 5.41) is 1.66. The zero-order valence-electron chi connectivity index (χ0n) is 14.8. The van der Waals surface area contributed by atoms with Crippen molar-refractivity contribution in [3.05, 3.63) is 74.7 Å². The molecule has 138 valence electrons. The number of aryl methyl sites for hydroxylation is 1. The van der Waals surface area contributed by atoms with E-state index in [2.05, 4.69) is 11.1 Å². The molecule has 6 heteroatoms. The highest BCUT2D eigenvalue weighted by Crippen LogP contribution is 2.29. The van der Waals surface area contributed by atoms with Gasteiger partial charge in [-0.25, -0.2) is 0 Å². The predicted octanol–water partition coefficient (Wildman–Crippen LogP) is 3.28. The molecule has 0 radical (unpaired) electrons. The van der Waals surface area contributed by atoms with Crippen LogP contribution in [0.2, 0.25) is 5.02 Å². The quantitative estimate of drug-likeness (QED) is 0.730. The molecule has 0 saturated carbocycles. The summed E-state index contributed by atoms with van der Waals surface area (Å²) in [5.74, 6) is -0.198. The largest absolute Gasteiger partial charge is 0.330 e. The van der Waals surface area contributed by atoms with Gasteiger partial charge in [-0.05, 0) is 66.6 Å². The minimum atomic E-state index is -0.311. The highest BCUT2D eigenvalue weighted by molar-refractivity contribution is 6.31. The standard InChI is InChI=1S/C21H20ClN3O2/c22-16-5-4-14-11-18(24-20(26)17(14)12-16)21(27)25-9-1-2-15-10-13(7-8-23)3-6-19(15)25/h3-6,10-12H,1-2,7-9,23H2,(H,24,26). The molecule has 2 aromatic carbocycles. The van der Waals surface area contributed by atoms with Gasteiger partial charge in [0.1, 0.15) is 5.69 Å². The Balaban J connectivity index is 1.73. The van der Waals surface area contributed by atoms with Crippen molar-refractivity contribution in [1.82, 2.24) is 4.98 Å². The lowest BCUT2D eigenvalue weighted by molar-refractivity contribution is 0.0980. The van der Waals surface area contributed by atoms with Crippen molar-refractivity contribution in [2.75, 3.05) is 18.0 Å². The van der Waals surface area contributed by atoms with Crippen molar-refractivity contribution in [1.29, 1.82) is 0 Å². The predicted molar refractivity (Wildman–Crippen MR) is 109 cm³/mol. The van der Waals surface area contributed by atoms with Crippen molar-refractivity contribution in [2.24, 2.45) is 5.73 Å². The van der Waals surface area contributed by atoms with Crippen LogP contribution in [0, 0.1) is 0 Å². The SMILES string of the molecule is NCCc1ccc2c(c1)CCCN2C(=O)c1cc2ccc(Cl)cc2c(=O)[nH]1. The summed E-state index contributed by atoms with van der Waals surface area (Å²) >= 11 is 5.97. The fourth-order valence-electron chi connectivity index (χ4n) is 3.68. The Hall–Kier alpha value is -2.63. The minimum absolute atomic E-state index is 0.198. The fourth-order valence-corrected chi connectivity index (χ4v) is 3.85. The van der Waals surface area contributed by atoms with Crippen molar-refractivity contribution < 1.29 is 4.79 Å². The monoisotopic (exact) mass is 381 g/mol. The molecule has 1 aromatic heterocycles. The lowest BCUT2D eigenvalue weighted by Crippen LogP contribution is -2.36. The molecule has 4 rings (SSSR count). The topological polar surface area (TPSA) is 79.2 Å². The van der Waals surface area contributed by atoms with Gasteiger partial charge in [-0.2, -0.15) is 0 Å². The molecule has 1 aliphatic rings. The lowest BCUT2D eigenvalue weighted by Gasteiger charge is -2.30. The maximum absolute atomic E-state index is 13.1. The molecule has 0 fully saturated rings. The molecule has 0 unspecified atom stereocenters. The third kappa shape index (κ3) is 3.36. The molecule has 1 amide bonds.